The van der Waals surface area contributed by atoms with Crippen LogP contribution < -0.4 is 0 Å². The van der Waals surface area contributed by atoms with Gasteiger partial charge in [-0.15, -0.1) is 23.2 Å². The minimum absolute atomic E-state index is 0.298. The van der Waals surface area contributed by atoms with Crippen LogP contribution in [0, 0.1) is 0 Å². The van der Waals surface area contributed by atoms with Gasteiger partial charge in [0.2, 0.25) is 0 Å². The van der Waals surface area contributed by atoms with E-state index in [2.05, 4.69) is 0 Å². The number of hydrogen-bond acceptors (Lipinski definition) is 1. The number of halogens is 2. The second kappa shape index (κ2) is 5.51. The van der Waals surface area contributed by atoms with Crippen molar-refractivity contribution in [2.45, 2.75) is 17.7 Å². The molecule has 1 nitrogen and oxygen atoms in total. The lowest BCUT2D eigenvalue weighted by Gasteiger charge is -1.97. The molecular formula is C5H10Cl2OS. The predicted molar refractivity (Wildman–Crippen MR) is 43.7 cm³/mol. The molecule has 0 aliphatic rings. The van der Waals surface area contributed by atoms with Crippen LogP contribution in [0.15, 0.2) is 0 Å². The fourth-order valence-corrected chi connectivity index (χ4v) is 1.32. The number of rotatable bonds is 4. The van der Waals surface area contributed by atoms with Gasteiger partial charge in [-0.05, 0) is 12.8 Å². The molecule has 0 bridgehead atoms. The Morgan fingerprint density at radius 1 is 1.56 bits per heavy atom. The van der Waals surface area contributed by atoms with Crippen LogP contribution in [0.4, 0.5) is 0 Å². The van der Waals surface area contributed by atoms with Crippen molar-refractivity contribution < 1.29 is 4.21 Å². The summed E-state index contributed by atoms with van der Waals surface area (Å²) in [5.41, 5.74) is 0. The smallest absolute Gasteiger partial charge is 0.107 e. The highest BCUT2D eigenvalue weighted by Gasteiger charge is 1.98. The van der Waals surface area contributed by atoms with Crippen LogP contribution in [0.2, 0.25) is 0 Å². The molecule has 0 aromatic carbocycles. The minimum atomic E-state index is -0.699. The molecule has 0 rings (SSSR count). The zero-order valence-corrected chi connectivity index (χ0v) is 7.60. The summed E-state index contributed by atoms with van der Waals surface area (Å²) in [4.78, 5) is -0.298. The van der Waals surface area contributed by atoms with E-state index < -0.39 is 10.8 Å². The van der Waals surface area contributed by atoms with E-state index in [1.165, 1.54) is 0 Å². The first-order valence-corrected chi connectivity index (χ1v) is 5.31. The monoisotopic (exact) mass is 188 g/mol. The lowest BCUT2D eigenvalue weighted by atomic mass is 10.4. The summed E-state index contributed by atoms with van der Waals surface area (Å²) in [5, 5.41) is 0. The van der Waals surface area contributed by atoms with Gasteiger partial charge in [-0.25, -0.2) is 0 Å². The molecule has 9 heavy (non-hydrogen) atoms. The van der Waals surface area contributed by atoms with E-state index >= 15 is 0 Å². The van der Waals surface area contributed by atoms with Crippen molar-refractivity contribution in [3.05, 3.63) is 0 Å². The van der Waals surface area contributed by atoms with Gasteiger partial charge in [0.1, 0.15) is 4.84 Å². The van der Waals surface area contributed by atoms with E-state index in [9.17, 15) is 4.21 Å². The Balaban J connectivity index is 3.01. The molecular weight excluding hydrogens is 179 g/mol. The summed E-state index contributed by atoms with van der Waals surface area (Å²) >= 11 is 10.9. The van der Waals surface area contributed by atoms with Crippen molar-refractivity contribution in [2.75, 3.05) is 12.0 Å². The normalized spacial score (nSPS) is 14.2. The molecule has 0 aromatic rings. The van der Waals surface area contributed by atoms with Gasteiger partial charge >= 0.3 is 0 Å². The minimum Gasteiger partial charge on any atom is -0.260 e. The number of alkyl halides is 2. The summed E-state index contributed by atoms with van der Waals surface area (Å²) in [6.45, 7) is 0. The lowest BCUT2D eigenvalue weighted by Crippen LogP contribution is -1.96. The van der Waals surface area contributed by atoms with Crippen LogP contribution in [0.3, 0.4) is 0 Å². The summed E-state index contributed by atoms with van der Waals surface area (Å²) < 4.78 is 10.5. The summed E-state index contributed by atoms with van der Waals surface area (Å²) in [5.74, 6) is 0.704. The van der Waals surface area contributed by atoms with Crippen LogP contribution in [0.1, 0.15) is 12.8 Å². The maximum Gasteiger partial charge on any atom is 0.107 e. The molecule has 56 valence electrons. The van der Waals surface area contributed by atoms with Gasteiger partial charge in [-0.1, -0.05) is 0 Å². The summed E-state index contributed by atoms with van der Waals surface area (Å²) in [6.07, 6.45) is 3.26. The van der Waals surface area contributed by atoms with Gasteiger partial charge in [0.25, 0.3) is 0 Å². The molecule has 0 N–H and O–H groups in total. The Labute approximate surface area is 68.2 Å². The van der Waals surface area contributed by atoms with Crippen LogP contribution in [-0.4, -0.2) is 21.1 Å². The molecule has 0 radical (unpaired) electrons. The van der Waals surface area contributed by atoms with E-state index in [1.807, 2.05) is 0 Å². The zero-order valence-electron chi connectivity index (χ0n) is 5.27. The lowest BCUT2D eigenvalue weighted by molar-refractivity contribution is 0.683. The Hall–Kier alpha value is 0.730. The Kier molecular flexibility index (Phi) is 5.96. The third-order valence-electron chi connectivity index (χ3n) is 0.854. The van der Waals surface area contributed by atoms with Crippen LogP contribution in [0.25, 0.3) is 0 Å². The molecule has 0 fully saturated rings. The molecule has 0 aromatic heterocycles. The van der Waals surface area contributed by atoms with Crippen molar-refractivity contribution in [3.8, 4) is 0 Å². The molecule has 1 unspecified atom stereocenters. The fraction of sp³-hybridized carbons (Fsp3) is 1.00. The maximum absolute atomic E-state index is 10.5. The predicted octanol–water partition coefficient (Wildman–Crippen LogP) is 1.95. The summed E-state index contributed by atoms with van der Waals surface area (Å²) in [6, 6.07) is 0. The average molecular weight is 189 g/mol. The largest absolute Gasteiger partial charge is 0.260 e. The molecule has 0 heterocycles. The molecule has 0 saturated heterocycles. The third kappa shape index (κ3) is 8.73. The number of hydrogen-bond donors (Lipinski definition) is 0. The van der Waals surface area contributed by atoms with E-state index in [4.69, 9.17) is 23.2 Å². The van der Waals surface area contributed by atoms with Crippen molar-refractivity contribution >= 4 is 34.0 Å². The van der Waals surface area contributed by atoms with Crippen molar-refractivity contribution in [1.82, 2.24) is 0 Å². The highest BCUT2D eigenvalue weighted by atomic mass is 35.5. The third-order valence-corrected chi connectivity index (χ3v) is 2.15. The van der Waals surface area contributed by atoms with Gasteiger partial charge < -0.3 is 0 Å². The molecule has 0 saturated carbocycles. The van der Waals surface area contributed by atoms with Crippen LogP contribution in [0.5, 0.6) is 0 Å². The molecule has 0 aliphatic carbocycles. The van der Waals surface area contributed by atoms with Crippen molar-refractivity contribution in [1.29, 1.82) is 0 Å². The first-order chi connectivity index (χ1) is 4.13. The van der Waals surface area contributed by atoms with Gasteiger partial charge in [-0.3, -0.25) is 4.21 Å². The van der Waals surface area contributed by atoms with Gasteiger partial charge in [-0.2, -0.15) is 0 Å². The Morgan fingerprint density at radius 2 is 2.11 bits per heavy atom. The molecule has 0 spiro atoms. The van der Waals surface area contributed by atoms with Crippen LogP contribution in [-0.2, 0) is 10.8 Å². The fourth-order valence-electron chi connectivity index (χ4n) is 0.441. The van der Waals surface area contributed by atoms with E-state index in [0.29, 0.717) is 5.75 Å². The second-order valence-corrected chi connectivity index (χ2v) is 4.64. The Morgan fingerprint density at radius 3 is 2.44 bits per heavy atom. The van der Waals surface area contributed by atoms with E-state index in [1.54, 1.807) is 6.26 Å². The van der Waals surface area contributed by atoms with Gasteiger partial charge in [0, 0.05) is 22.8 Å². The first-order valence-electron chi connectivity index (χ1n) is 2.71. The maximum atomic E-state index is 10.5. The first kappa shape index (κ1) is 9.73. The van der Waals surface area contributed by atoms with Crippen molar-refractivity contribution in [2.24, 2.45) is 0 Å². The van der Waals surface area contributed by atoms with E-state index in [-0.39, 0.29) is 4.84 Å². The van der Waals surface area contributed by atoms with Gasteiger partial charge in [0.05, 0.1) is 0 Å². The zero-order chi connectivity index (χ0) is 7.28. The SMILES string of the molecule is CS(=O)CCCC(Cl)Cl. The summed E-state index contributed by atoms with van der Waals surface area (Å²) in [7, 11) is -0.699. The highest BCUT2D eigenvalue weighted by Crippen LogP contribution is 2.09. The quantitative estimate of drug-likeness (QED) is 0.617. The molecule has 0 aliphatic heterocycles. The average Bonchev–Trinajstić information content (AvgIpc) is 1.63. The molecule has 0 amide bonds. The van der Waals surface area contributed by atoms with E-state index in [0.717, 1.165) is 12.8 Å². The topological polar surface area (TPSA) is 17.1 Å². The van der Waals surface area contributed by atoms with Gasteiger partial charge in [0.15, 0.2) is 0 Å². The molecule has 1 atom stereocenters. The second-order valence-electron chi connectivity index (χ2n) is 1.81. The van der Waals surface area contributed by atoms with Crippen molar-refractivity contribution in [3.63, 3.8) is 0 Å². The van der Waals surface area contributed by atoms with Crippen LogP contribution >= 0.6 is 23.2 Å². The standard InChI is InChI=1S/C5H10Cl2OS/c1-9(8)4-2-3-5(6)7/h5H,2-4H2,1H3. The Bertz CT molecular complexity index is 95.0. The molecule has 4 heteroatoms. The highest BCUT2D eigenvalue weighted by molar-refractivity contribution is 7.84.